The van der Waals surface area contributed by atoms with Gasteiger partial charge in [-0.15, -0.1) is 11.3 Å². The van der Waals surface area contributed by atoms with E-state index in [-0.39, 0.29) is 0 Å². The zero-order valence-corrected chi connectivity index (χ0v) is 14.9. The number of nitrogens with one attached hydrogen (secondary N) is 4. The average Bonchev–Trinajstić information content (AvgIpc) is 3.36. The van der Waals surface area contributed by atoms with Crippen LogP contribution in [0.15, 0.2) is 48.2 Å². The van der Waals surface area contributed by atoms with E-state index in [9.17, 15) is 0 Å². The molecule has 4 rings (SSSR count). The van der Waals surface area contributed by atoms with Crippen LogP contribution in [0.4, 0.5) is 10.8 Å². The molecule has 0 atom stereocenters. The zero-order valence-electron chi connectivity index (χ0n) is 13.2. The highest BCUT2D eigenvalue weighted by Crippen LogP contribution is 2.28. The molecule has 126 valence electrons. The normalized spacial score (nSPS) is 10.9. The molecule has 4 N–H and O–H groups in total. The molecular formula is C17H16N6S2. The number of aromatic amines is 1. The van der Waals surface area contributed by atoms with Crippen molar-refractivity contribution in [1.82, 2.24) is 15.0 Å². The molecule has 1 aromatic carbocycles. The Labute approximate surface area is 152 Å². The van der Waals surface area contributed by atoms with Gasteiger partial charge >= 0.3 is 0 Å². The fourth-order valence-corrected chi connectivity index (χ4v) is 3.99. The van der Waals surface area contributed by atoms with Crippen LogP contribution in [0.3, 0.4) is 0 Å². The highest BCUT2D eigenvalue weighted by Gasteiger charge is 2.07. The van der Waals surface area contributed by atoms with Gasteiger partial charge in [0, 0.05) is 30.5 Å². The molecule has 8 heteroatoms. The van der Waals surface area contributed by atoms with Crippen molar-refractivity contribution in [2.45, 2.75) is 6.42 Å². The summed E-state index contributed by atoms with van der Waals surface area (Å²) in [6.45, 7) is 0.802. The van der Waals surface area contributed by atoms with Crippen molar-refractivity contribution in [3.63, 3.8) is 0 Å². The smallest absolute Gasteiger partial charge is 0.183 e. The van der Waals surface area contributed by atoms with E-state index in [0.29, 0.717) is 5.84 Å². The van der Waals surface area contributed by atoms with Gasteiger partial charge in [-0.2, -0.15) is 0 Å². The van der Waals surface area contributed by atoms with Gasteiger partial charge in [0.15, 0.2) is 5.13 Å². The number of benzene rings is 1. The number of thiazole rings is 1. The van der Waals surface area contributed by atoms with Crippen LogP contribution in [-0.2, 0) is 6.42 Å². The van der Waals surface area contributed by atoms with E-state index < -0.39 is 0 Å². The third-order valence-electron chi connectivity index (χ3n) is 3.65. The summed E-state index contributed by atoms with van der Waals surface area (Å²) in [5.41, 5.74) is 2.97. The second-order valence-electron chi connectivity index (χ2n) is 5.43. The Bertz CT molecular complexity index is 972. The molecule has 3 heterocycles. The largest absolute Gasteiger partial charge is 0.361 e. The lowest BCUT2D eigenvalue weighted by Gasteiger charge is -2.05. The van der Waals surface area contributed by atoms with Crippen molar-refractivity contribution >= 4 is 49.5 Å². The summed E-state index contributed by atoms with van der Waals surface area (Å²) >= 11 is 3.17. The first-order valence-electron chi connectivity index (χ1n) is 7.79. The number of anilines is 2. The lowest BCUT2D eigenvalue weighted by Crippen LogP contribution is -2.09. The maximum Gasteiger partial charge on any atom is 0.183 e. The number of hydrogen-bond donors (Lipinski definition) is 4. The summed E-state index contributed by atoms with van der Waals surface area (Å²) in [7, 11) is 0. The van der Waals surface area contributed by atoms with Gasteiger partial charge in [-0.25, -0.2) is 9.97 Å². The molecule has 0 amide bonds. The predicted octanol–water partition coefficient (Wildman–Crippen LogP) is 4.17. The molecule has 0 saturated carbocycles. The van der Waals surface area contributed by atoms with Crippen molar-refractivity contribution in [2.75, 3.05) is 17.2 Å². The first-order chi connectivity index (χ1) is 12.3. The molecule has 0 unspecified atom stereocenters. The summed E-state index contributed by atoms with van der Waals surface area (Å²) in [5.74, 6) is 0.414. The number of amidine groups is 1. The van der Waals surface area contributed by atoms with Crippen LogP contribution in [0.1, 0.15) is 10.6 Å². The molecule has 0 fully saturated rings. The van der Waals surface area contributed by atoms with Crippen LogP contribution in [0.2, 0.25) is 0 Å². The van der Waals surface area contributed by atoms with Gasteiger partial charge in [-0.1, -0.05) is 17.4 Å². The van der Waals surface area contributed by atoms with E-state index in [1.807, 2.05) is 41.9 Å². The summed E-state index contributed by atoms with van der Waals surface area (Å²) in [5, 5.41) is 17.5. The third-order valence-corrected chi connectivity index (χ3v) is 5.51. The number of imidazole rings is 1. The Morgan fingerprint density at radius 2 is 2.24 bits per heavy atom. The first kappa shape index (κ1) is 15.8. The summed E-state index contributed by atoms with van der Waals surface area (Å²) in [6, 6.07) is 9.86. The Morgan fingerprint density at radius 1 is 1.28 bits per heavy atom. The Morgan fingerprint density at radius 3 is 3.04 bits per heavy atom. The van der Waals surface area contributed by atoms with Crippen LogP contribution in [0.5, 0.6) is 0 Å². The number of hydrogen-bond acceptors (Lipinski definition) is 6. The highest BCUT2D eigenvalue weighted by molar-refractivity contribution is 7.22. The van der Waals surface area contributed by atoms with Gasteiger partial charge in [-0.3, -0.25) is 5.41 Å². The maximum atomic E-state index is 8.12. The van der Waals surface area contributed by atoms with Gasteiger partial charge in [0.2, 0.25) is 0 Å². The molecule has 0 saturated heterocycles. The second-order valence-corrected chi connectivity index (χ2v) is 7.41. The maximum absolute atomic E-state index is 8.12. The molecule has 0 aliphatic heterocycles. The lowest BCUT2D eigenvalue weighted by molar-refractivity contribution is 0.975. The minimum Gasteiger partial charge on any atom is -0.361 e. The molecule has 4 aromatic rings. The van der Waals surface area contributed by atoms with Crippen LogP contribution in [-0.4, -0.2) is 27.3 Å². The monoisotopic (exact) mass is 368 g/mol. The van der Waals surface area contributed by atoms with E-state index in [4.69, 9.17) is 5.41 Å². The summed E-state index contributed by atoms with van der Waals surface area (Å²) < 4.78 is 1.09. The Kier molecular flexibility index (Phi) is 4.45. The van der Waals surface area contributed by atoms with E-state index in [1.54, 1.807) is 29.0 Å². The van der Waals surface area contributed by atoms with Gasteiger partial charge in [0.25, 0.3) is 0 Å². The Hall–Kier alpha value is -2.71. The average molecular weight is 368 g/mol. The number of aromatic nitrogens is 3. The van der Waals surface area contributed by atoms with E-state index in [0.717, 1.165) is 44.6 Å². The minimum absolute atomic E-state index is 0.414. The summed E-state index contributed by atoms with van der Waals surface area (Å²) in [4.78, 5) is 12.6. The minimum atomic E-state index is 0.414. The lowest BCUT2D eigenvalue weighted by atomic mass is 10.3. The molecule has 0 aliphatic carbocycles. The molecule has 0 bridgehead atoms. The summed E-state index contributed by atoms with van der Waals surface area (Å²) in [6.07, 6.45) is 4.40. The van der Waals surface area contributed by atoms with Crippen molar-refractivity contribution in [1.29, 1.82) is 5.41 Å². The molecule has 0 spiro atoms. The topological polar surface area (TPSA) is 89.5 Å². The number of H-pyrrole nitrogens is 1. The van der Waals surface area contributed by atoms with Crippen LogP contribution < -0.4 is 10.6 Å². The highest BCUT2D eigenvalue weighted by atomic mass is 32.1. The van der Waals surface area contributed by atoms with E-state index >= 15 is 0 Å². The fourth-order valence-electron chi connectivity index (χ4n) is 2.43. The molecule has 0 radical (unpaired) electrons. The number of fused-ring (bicyclic) bond motifs is 1. The van der Waals surface area contributed by atoms with Crippen LogP contribution in [0, 0.1) is 5.41 Å². The fraction of sp³-hybridized carbons (Fsp3) is 0.118. The number of thiophene rings is 1. The number of rotatable bonds is 6. The van der Waals surface area contributed by atoms with E-state index in [2.05, 4.69) is 25.6 Å². The number of nitrogens with zero attached hydrogens (tertiary/aromatic N) is 2. The van der Waals surface area contributed by atoms with Crippen molar-refractivity contribution < 1.29 is 0 Å². The third kappa shape index (κ3) is 3.70. The molecule has 0 aliphatic rings. The quantitative estimate of drug-likeness (QED) is 0.304. The van der Waals surface area contributed by atoms with Crippen molar-refractivity contribution in [3.05, 3.63) is 58.8 Å². The molecule has 3 aromatic heterocycles. The van der Waals surface area contributed by atoms with Gasteiger partial charge in [0.05, 0.1) is 21.4 Å². The van der Waals surface area contributed by atoms with Gasteiger partial charge < -0.3 is 15.6 Å². The second kappa shape index (κ2) is 7.04. The van der Waals surface area contributed by atoms with Gasteiger partial charge in [0.1, 0.15) is 5.84 Å². The zero-order chi connectivity index (χ0) is 17.1. The van der Waals surface area contributed by atoms with Crippen LogP contribution >= 0.6 is 22.7 Å². The van der Waals surface area contributed by atoms with E-state index in [1.165, 1.54) is 0 Å². The van der Waals surface area contributed by atoms with Crippen molar-refractivity contribution in [2.24, 2.45) is 0 Å². The molecule has 6 nitrogen and oxygen atoms in total. The van der Waals surface area contributed by atoms with Crippen LogP contribution in [0.25, 0.3) is 10.2 Å². The first-order valence-corrected chi connectivity index (χ1v) is 9.49. The Balaban J connectivity index is 1.43. The van der Waals surface area contributed by atoms with Gasteiger partial charge in [-0.05, 0) is 29.6 Å². The van der Waals surface area contributed by atoms with Crippen molar-refractivity contribution in [3.8, 4) is 0 Å². The SMILES string of the molecule is N=C(Nc1ccc2nc(NCCc3cnc[nH]3)sc2c1)c1cccs1. The standard InChI is InChI=1S/C17H16N6S2/c18-16(14-2-1-7-24-14)22-11-3-4-13-15(8-11)25-17(23-13)20-6-5-12-9-19-10-21-12/h1-4,7-10H,5-6H2,(H2,18,22)(H,19,21)(H,20,23). The molecular weight excluding hydrogens is 352 g/mol. The predicted molar refractivity (Wildman–Crippen MR) is 105 cm³/mol. The molecule has 25 heavy (non-hydrogen) atoms.